The Morgan fingerprint density at radius 3 is 2.55 bits per heavy atom. The SMILES string of the molecule is CCOC(=O)Oc1cccc([C@H]2CCN(C(=O)OC(C)(C)C)C[C@@H]2C(=O)N(c2ccc3c(c2)N(CCCOC)C(=O)CO3)C2CC2)c1. The van der Waals surface area contributed by atoms with E-state index in [0.717, 1.165) is 18.4 Å². The zero-order chi connectivity index (χ0) is 33.7. The third kappa shape index (κ3) is 8.34. The molecule has 254 valence electrons. The molecule has 2 atom stereocenters. The summed E-state index contributed by atoms with van der Waals surface area (Å²) in [7, 11) is 1.62. The Morgan fingerprint density at radius 2 is 1.85 bits per heavy atom. The fourth-order valence-electron chi connectivity index (χ4n) is 6.13. The molecule has 2 fully saturated rings. The van der Waals surface area contributed by atoms with E-state index in [0.29, 0.717) is 55.4 Å². The second kappa shape index (κ2) is 14.6. The smallest absolute Gasteiger partial charge is 0.482 e. The predicted molar refractivity (Wildman–Crippen MR) is 174 cm³/mol. The maximum atomic E-state index is 14.8. The summed E-state index contributed by atoms with van der Waals surface area (Å²) < 4.78 is 27.0. The highest BCUT2D eigenvalue weighted by Crippen LogP contribution is 2.43. The van der Waals surface area contributed by atoms with Crippen LogP contribution in [0.1, 0.15) is 64.9 Å². The molecule has 12 nitrogen and oxygen atoms in total. The lowest BCUT2D eigenvalue weighted by molar-refractivity contribution is -0.124. The molecule has 1 aliphatic carbocycles. The first-order valence-corrected chi connectivity index (χ1v) is 16.3. The van der Waals surface area contributed by atoms with Gasteiger partial charge in [0, 0.05) is 45.1 Å². The molecule has 1 saturated carbocycles. The van der Waals surface area contributed by atoms with Crippen molar-refractivity contribution in [3.8, 4) is 11.5 Å². The number of rotatable bonds is 10. The van der Waals surface area contributed by atoms with Crippen molar-refractivity contribution in [1.82, 2.24) is 4.90 Å². The summed E-state index contributed by atoms with van der Waals surface area (Å²) in [6.07, 6.45) is 1.56. The Kier molecular flexibility index (Phi) is 10.6. The second-order valence-corrected chi connectivity index (χ2v) is 13.1. The quantitative estimate of drug-likeness (QED) is 0.186. The number of anilines is 2. The number of ether oxygens (including phenoxy) is 5. The molecule has 3 aliphatic rings. The van der Waals surface area contributed by atoms with Gasteiger partial charge in [-0.2, -0.15) is 0 Å². The van der Waals surface area contributed by atoms with E-state index in [-0.39, 0.29) is 43.5 Å². The van der Waals surface area contributed by atoms with Crippen molar-refractivity contribution in [2.24, 2.45) is 5.92 Å². The van der Waals surface area contributed by atoms with Crippen LogP contribution in [0.4, 0.5) is 21.0 Å². The van der Waals surface area contributed by atoms with Gasteiger partial charge in [-0.3, -0.25) is 9.59 Å². The number of likely N-dealkylation sites (tertiary alicyclic amines) is 1. The first-order valence-electron chi connectivity index (χ1n) is 16.3. The van der Waals surface area contributed by atoms with Gasteiger partial charge in [-0.15, -0.1) is 0 Å². The molecular formula is C35H45N3O9. The molecular weight excluding hydrogens is 606 g/mol. The molecule has 2 aromatic carbocycles. The minimum Gasteiger partial charge on any atom is -0.482 e. The van der Waals surface area contributed by atoms with Gasteiger partial charge in [-0.05, 0) is 95.2 Å². The molecule has 1 saturated heterocycles. The minimum atomic E-state index is -0.803. The predicted octanol–water partition coefficient (Wildman–Crippen LogP) is 5.52. The van der Waals surface area contributed by atoms with Gasteiger partial charge in [0.05, 0.1) is 18.2 Å². The fourth-order valence-corrected chi connectivity index (χ4v) is 6.13. The Morgan fingerprint density at radius 1 is 1.06 bits per heavy atom. The zero-order valence-electron chi connectivity index (χ0n) is 27.9. The van der Waals surface area contributed by atoms with Gasteiger partial charge in [-0.1, -0.05) is 12.1 Å². The maximum Gasteiger partial charge on any atom is 0.513 e. The molecule has 0 spiro atoms. The van der Waals surface area contributed by atoms with E-state index in [2.05, 4.69) is 0 Å². The topological polar surface area (TPSA) is 124 Å². The number of methoxy groups -OCH3 is 1. The Labute approximate surface area is 275 Å². The van der Waals surface area contributed by atoms with Crippen LogP contribution >= 0.6 is 0 Å². The van der Waals surface area contributed by atoms with Crippen molar-refractivity contribution in [3.63, 3.8) is 0 Å². The molecule has 2 heterocycles. The molecule has 5 rings (SSSR count). The molecule has 0 N–H and O–H groups in total. The highest BCUT2D eigenvalue weighted by atomic mass is 16.7. The van der Waals surface area contributed by atoms with Crippen LogP contribution in [0.25, 0.3) is 0 Å². The Hall–Kier alpha value is -4.32. The Balaban J connectivity index is 1.48. The van der Waals surface area contributed by atoms with Gasteiger partial charge in [0.15, 0.2) is 6.61 Å². The van der Waals surface area contributed by atoms with Crippen molar-refractivity contribution < 1.29 is 42.9 Å². The molecule has 0 aromatic heterocycles. The summed E-state index contributed by atoms with van der Waals surface area (Å²) in [5.41, 5.74) is 1.41. The van der Waals surface area contributed by atoms with Gasteiger partial charge < -0.3 is 38.4 Å². The molecule has 0 radical (unpaired) electrons. The fraction of sp³-hybridized carbons (Fsp3) is 0.543. The van der Waals surface area contributed by atoms with E-state index in [1.54, 1.807) is 42.0 Å². The lowest BCUT2D eigenvalue weighted by Crippen LogP contribution is -2.51. The molecule has 0 bridgehead atoms. The van der Waals surface area contributed by atoms with Gasteiger partial charge in [0.2, 0.25) is 5.91 Å². The van der Waals surface area contributed by atoms with E-state index in [1.165, 1.54) is 0 Å². The summed E-state index contributed by atoms with van der Waals surface area (Å²) in [6.45, 7) is 8.79. The van der Waals surface area contributed by atoms with E-state index >= 15 is 0 Å². The summed E-state index contributed by atoms with van der Waals surface area (Å²) in [4.78, 5) is 58.1. The van der Waals surface area contributed by atoms with Crippen molar-refractivity contribution in [2.45, 2.75) is 70.9 Å². The van der Waals surface area contributed by atoms with Crippen LogP contribution in [0.3, 0.4) is 0 Å². The summed E-state index contributed by atoms with van der Waals surface area (Å²) >= 11 is 0. The van der Waals surface area contributed by atoms with Gasteiger partial charge in [-0.25, -0.2) is 9.59 Å². The third-order valence-corrected chi connectivity index (χ3v) is 8.37. The molecule has 47 heavy (non-hydrogen) atoms. The summed E-state index contributed by atoms with van der Waals surface area (Å²) in [5, 5.41) is 0. The number of piperidine rings is 1. The van der Waals surface area contributed by atoms with Crippen LogP contribution < -0.4 is 19.3 Å². The normalized spacial score (nSPS) is 19.4. The van der Waals surface area contributed by atoms with E-state index in [9.17, 15) is 19.2 Å². The zero-order valence-corrected chi connectivity index (χ0v) is 27.9. The maximum absolute atomic E-state index is 14.8. The number of hydrogen-bond acceptors (Lipinski definition) is 9. The highest BCUT2D eigenvalue weighted by molar-refractivity contribution is 6.01. The van der Waals surface area contributed by atoms with Gasteiger partial charge in [0.1, 0.15) is 17.1 Å². The molecule has 2 aromatic rings. The van der Waals surface area contributed by atoms with Crippen LogP contribution in [0, 0.1) is 5.92 Å². The Bertz CT molecular complexity index is 1470. The number of nitrogens with zero attached hydrogens (tertiary/aromatic N) is 3. The number of carbonyl (C=O) groups is 4. The average Bonchev–Trinajstić information content (AvgIpc) is 3.86. The number of benzene rings is 2. The van der Waals surface area contributed by atoms with Crippen LogP contribution in [-0.4, -0.2) is 87.2 Å². The standard InChI is InChI=1S/C35H45N3O9/c1-6-44-34(42)46-26-10-7-9-23(19-26)27-15-17-36(33(41)47-35(2,3)4)21-28(27)32(40)38(24-11-12-24)25-13-14-30-29(20-25)37(16-8-18-43-5)31(39)22-45-30/h7,9-10,13-14,19-20,24,27-28H,6,8,11-12,15-18,21-22H2,1-5H3/t27-,28+/m1/s1. The number of hydrogen-bond donors (Lipinski definition) is 0. The van der Waals surface area contributed by atoms with Crippen LogP contribution in [-0.2, 0) is 23.8 Å². The molecule has 0 unspecified atom stereocenters. The van der Waals surface area contributed by atoms with Crippen molar-refractivity contribution >= 4 is 35.4 Å². The molecule has 3 amide bonds. The van der Waals surface area contributed by atoms with Crippen molar-refractivity contribution in [1.29, 1.82) is 0 Å². The van der Waals surface area contributed by atoms with E-state index < -0.39 is 23.8 Å². The van der Waals surface area contributed by atoms with Crippen molar-refractivity contribution in [3.05, 3.63) is 48.0 Å². The lowest BCUT2D eigenvalue weighted by atomic mass is 9.79. The third-order valence-electron chi connectivity index (χ3n) is 8.37. The largest absolute Gasteiger partial charge is 0.513 e. The monoisotopic (exact) mass is 651 g/mol. The first kappa shape index (κ1) is 34.0. The van der Waals surface area contributed by atoms with E-state index in [1.807, 2.05) is 49.9 Å². The number of carbonyl (C=O) groups excluding carboxylic acids is 4. The lowest BCUT2D eigenvalue weighted by Gasteiger charge is -2.41. The highest BCUT2D eigenvalue weighted by Gasteiger charge is 2.44. The average molecular weight is 652 g/mol. The summed E-state index contributed by atoms with van der Waals surface area (Å²) in [6, 6.07) is 12.6. The van der Waals surface area contributed by atoms with Gasteiger partial charge >= 0.3 is 12.2 Å². The second-order valence-electron chi connectivity index (χ2n) is 13.1. The van der Waals surface area contributed by atoms with Gasteiger partial charge in [0.25, 0.3) is 5.91 Å². The minimum absolute atomic E-state index is 0.0151. The number of fused-ring (bicyclic) bond motifs is 1. The summed E-state index contributed by atoms with van der Waals surface area (Å²) in [5.74, 6) is -0.285. The van der Waals surface area contributed by atoms with Crippen molar-refractivity contribution in [2.75, 3.05) is 56.4 Å². The van der Waals surface area contributed by atoms with E-state index in [4.69, 9.17) is 23.7 Å². The van der Waals surface area contributed by atoms with Crippen LogP contribution in [0.15, 0.2) is 42.5 Å². The number of amides is 3. The van der Waals surface area contributed by atoms with Crippen LogP contribution in [0.5, 0.6) is 11.5 Å². The van der Waals surface area contributed by atoms with Crippen LogP contribution in [0.2, 0.25) is 0 Å². The molecule has 12 heteroatoms. The first-order chi connectivity index (χ1) is 22.5. The molecule has 2 aliphatic heterocycles.